The molecule has 2 amide bonds. The third kappa shape index (κ3) is 3.57. The summed E-state index contributed by atoms with van der Waals surface area (Å²) >= 11 is 0. The van der Waals surface area contributed by atoms with E-state index >= 15 is 0 Å². The molecule has 2 fully saturated rings. The first kappa shape index (κ1) is 18.7. The van der Waals surface area contributed by atoms with Crippen LogP contribution >= 0.6 is 12.4 Å². The number of nitrogens with zero attached hydrogens (tertiary/aromatic N) is 2. The van der Waals surface area contributed by atoms with Gasteiger partial charge in [0.25, 0.3) is 0 Å². The van der Waals surface area contributed by atoms with Crippen LogP contribution in [0.4, 0.5) is 5.69 Å². The van der Waals surface area contributed by atoms with Crippen LogP contribution in [0, 0.1) is 19.8 Å². The molecule has 0 aliphatic carbocycles. The predicted molar refractivity (Wildman–Crippen MR) is 97.7 cm³/mol. The lowest BCUT2D eigenvalue weighted by molar-refractivity contribution is -0.142. The molecule has 1 aromatic rings. The Labute approximate surface area is 149 Å². The number of hydrogen-bond donors (Lipinski definition) is 1. The minimum atomic E-state index is -0.517. The van der Waals surface area contributed by atoms with Gasteiger partial charge in [-0.1, -0.05) is 6.07 Å². The van der Waals surface area contributed by atoms with Crippen molar-refractivity contribution >= 4 is 29.9 Å². The van der Waals surface area contributed by atoms with Gasteiger partial charge in [0, 0.05) is 37.9 Å². The summed E-state index contributed by atoms with van der Waals surface area (Å²) < 4.78 is 0. The number of amides is 2. The number of hydrogen-bond acceptors (Lipinski definition) is 3. The van der Waals surface area contributed by atoms with Crippen molar-refractivity contribution in [2.45, 2.75) is 33.2 Å². The number of benzene rings is 1. The molecule has 5 nitrogen and oxygen atoms in total. The molecule has 0 spiro atoms. The van der Waals surface area contributed by atoms with Crippen LogP contribution in [0.1, 0.15) is 24.5 Å². The minimum Gasteiger partial charge on any atom is -0.337 e. The second-order valence-corrected chi connectivity index (χ2v) is 6.76. The van der Waals surface area contributed by atoms with Crippen molar-refractivity contribution < 1.29 is 9.59 Å². The molecule has 2 aliphatic rings. The Hall–Kier alpha value is -1.59. The summed E-state index contributed by atoms with van der Waals surface area (Å²) in [6, 6.07) is 6.28. The van der Waals surface area contributed by atoms with E-state index in [4.69, 9.17) is 0 Å². The van der Waals surface area contributed by atoms with E-state index in [-0.39, 0.29) is 30.3 Å². The molecular formula is C18H26ClN3O2. The second-order valence-electron chi connectivity index (χ2n) is 6.76. The van der Waals surface area contributed by atoms with E-state index in [2.05, 4.69) is 11.4 Å². The van der Waals surface area contributed by atoms with Crippen LogP contribution < -0.4 is 10.2 Å². The largest absolute Gasteiger partial charge is 0.337 e. The quantitative estimate of drug-likeness (QED) is 0.828. The number of nitrogens with one attached hydrogen (secondary N) is 1. The number of halogens is 1. The fraction of sp³-hybridized carbons (Fsp3) is 0.556. The van der Waals surface area contributed by atoms with E-state index in [1.165, 1.54) is 0 Å². The van der Waals surface area contributed by atoms with Crippen molar-refractivity contribution in [2.75, 3.05) is 31.1 Å². The van der Waals surface area contributed by atoms with Gasteiger partial charge < -0.3 is 15.1 Å². The molecule has 1 N–H and O–H groups in total. The maximum absolute atomic E-state index is 12.8. The topological polar surface area (TPSA) is 52.7 Å². The molecule has 2 heterocycles. The van der Waals surface area contributed by atoms with Crippen molar-refractivity contribution in [3.8, 4) is 0 Å². The molecule has 1 aromatic carbocycles. The fourth-order valence-electron chi connectivity index (χ4n) is 3.64. The summed E-state index contributed by atoms with van der Waals surface area (Å²) in [5, 5.41) is 3.28. The van der Waals surface area contributed by atoms with Crippen LogP contribution in [0.25, 0.3) is 0 Å². The highest BCUT2D eigenvalue weighted by molar-refractivity contribution is 6.09. The summed E-state index contributed by atoms with van der Waals surface area (Å²) in [4.78, 5) is 29.2. The number of aryl methyl sites for hydroxylation is 2. The molecule has 6 heteroatoms. The summed E-state index contributed by atoms with van der Waals surface area (Å²) in [6.07, 6.45) is 0.612. The highest BCUT2D eigenvalue weighted by Gasteiger charge is 2.41. The third-order valence-electron chi connectivity index (χ3n) is 4.81. The van der Waals surface area contributed by atoms with Crippen LogP contribution in [0.15, 0.2) is 18.2 Å². The van der Waals surface area contributed by atoms with Crippen molar-refractivity contribution in [3.05, 3.63) is 29.3 Å². The van der Waals surface area contributed by atoms with Crippen LogP contribution in [0.3, 0.4) is 0 Å². The van der Waals surface area contributed by atoms with Crippen molar-refractivity contribution in [2.24, 2.45) is 5.92 Å². The molecule has 24 heavy (non-hydrogen) atoms. The van der Waals surface area contributed by atoms with Gasteiger partial charge in [-0.05, 0) is 50.5 Å². The van der Waals surface area contributed by atoms with Crippen LogP contribution in [-0.4, -0.2) is 48.9 Å². The van der Waals surface area contributed by atoms with E-state index in [0.29, 0.717) is 19.5 Å². The molecule has 1 unspecified atom stereocenters. The zero-order valence-corrected chi connectivity index (χ0v) is 15.4. The SMILES string of the molecule is Cc1cc(C)cc(N2CCC(C(=O)N3CCNC[C@H]3C)C2=O)c1.Cl. The van der Waals surface area contributed by atoms with Gasteiger partial charge in [-0.2, -0.15) is 0 Å². The average molecular weight is 352 g/mol. The Balaban J connectivity index is 0.00000208. The average Bonchev–Trinajstić information content (AvgIpc) is 2.88. The lowest BCUT2D eigenvalue weighted by Gasteiger charge is -2.35. The Morgan fingerprint density at radius 2 is 1.83 bits per heavy atom. The molecular weight excluding hydrogens is 326 g/mol. The highest BCUT2D eigenvalue weighted by atomic mass is 35.5. The lowest BCUT2D eigenvalue weighted by Crippen LogP contribution is -2.54. The van der Waals surface area contributed by atoms with Gasteiger partial charge in [0.05, 0.1) is 0 Å². The van der Waals surface area contributed by atoms with Gasteiger partial charge >= 0.3 is 0 Å². The Morgan fingerprint density at radius 3 is 2.46 bits per heavy atom. The molecule has 0 bridgehead atoms. The van der Waals surface area contributed by atoms with Gasteiger partial charge in [0.15, 0.2) is 0 Å². The fourth-order valence-corrected chi connectivity index (χ4v) is 3.64. The molecule has 2 aliphatic heterocycles. The van der Waals surface area contributed by atoms with Crippen molar-refractivity contribution in [3.63, 3.8) is 0 Å². The number of anilines is 1. The van der Waals surface area contributed by atoms with Gasteiger partial charge in [0.2, 0.25) is 11.8 Å². The van der Waals surface area contributed by atoms with Crippen molar-refractivity contribution in [1.82, 2.24) is 10.2 Å². The highest BCUT2D eigenvalue weighted by Crippen LogP contribution is 2.28. The van der Waals surface area contributed by atoms with E-state index < -0.39 is 5.92 Å². The maximum atomic E-state index is 12.8. The number of carbonyl (C=O) groups is 2. The molecule has 3 rings (SSSR count). The maximum Gasteiger partial charge on any atom is 0.239 e. The first-order valence-electron chi connectivity index (χ1n) is 8.38. The minimum absolute atomic E-state index is 0. The van der Waals surface area contributed by atoms with Gasteiger partial charge in [-0.25, -0.2) is 0 Å². The summed E-state index contributed by atoms with van der Waals surface area (Å²) in [7, 11) is 0. The molecule has 0 radical (unpaired) electrons. The Kier molecular flexibility index (Phi) is 5.88. The predicted octanol–water partition coefficient (Wildman–Crippen LogP) is 1.90. The van der Waals surface area contributed by atoms with Crippen molar-refractivity contribution in [1.29, 1.82) is 0 Å². The van der Waals surface area contributed by atoms with E-state index in [9.17, 15) is 9.59 Å². The third-order valence-corrected chi connectivity index (χ3v) is 4.81. The lowest BCUT2D eigenvalue weighted by atomic mass is 10.0. The van der Waals surface area contributed by atoms with Crippen LogP contribution in [0.2, 0.25) is 0 Å². The normalized spacial score (nSPS) is 24.0. The Bertz CT molecular complexity index is 614. The standard InChI is InChI=1S/C18H25N3O2.ClH/c1-12-8-13(2)10-15(9-12)21-6-4-16(18(21)23)17(22)20-7-5-19-11-14(20)3;/h8-10,14,16,19H,4-7,11H2,1-3H3;1H/t14-,16?;/m1./s1. The molecule has 132 valence electrons. The summed E-state index contributed by atoms with van der Waals surface area (Å²) in [5.41, 5.74) is 3.19. The van der Waals surface area contributed by atoms with Gasteiger partial charge in [-0.3, -0.25) is 9.59 Å². The first-order valence-corrected chi connectivity index (χ1v) is 8.38. The smallest absolute Gasteiger partial charge is 0.239 e. The number of carbonyl (C=O) groups excluding carboxylic acids is 2. The monoisotopic (exact) mass is 351 g/mol. The van der Waals surface area contributed by atoms with E-state index in [0.717, 1.165) is 29.9 Å². The number of piperazine rings is 1. The van der Waals surface area contributed by atoms with E-state index in [1.54, 1.807) is 4.90 Å². The molecule has 0 saturated carbocycles. The zero-order chi connectivity index (χ0) is 16.6. The van der Waals surface area contributed by atoms with Gasteiger partial charge in [-0.15, -0.1) is 12.4 Å². The summed E-state index contributed by atoms with van der Waals surface area (Å²) in [6.45, 7) is 9.01. The van der Waals surface area contributed by atoms with Crippen LogP contribution in [0.5, 0.6) is 0 Å². The molecule has 2 atom stereocenters. The second kappa shape index (κ2) is 7.53. The number of rotatable bonds is 2. The zero-order valence-electron chi connectivity index (χ0n) is 14.5. The molecule has 2 saturated heterocycles. The van der Waals surface area contributed by atoms with E-state index in [1.807, 2.05) is 37.8 Å². The molecule has 0 aromatic heterocycles. The van der Waals surface area contributed by atoms with Gasteiger partial charge in [0.1, 0.15) is 5.92 Å². The Morgan fingerprint density at radius 1 is 1.17 bits per heavy atom. The first-order chi connectivity index (χ1) is 11.0. The summed E-state index contributed by atoms with van der Waals surface area (Å²) in [5.74, 6) is -0.571. The van der Waals surface area contributed by atoms with Crippen LogP contribution in [-0.2, 0) is 9.59 Å².